The summed E-state index contributed by atoms with van der Waals surface area (Å²) >= 11 is 0. The number of hydrogen-bond donors (Lipinski definition) is 3. The summed E-state index contributed by atoms with van der Waals surface area (Å²) in [7, 11) is 0. The third-order valence-electron chi connectivity index (χ3n) is 3.90. The van der Waals surface area contributed by atoms with Crippen molar-refractivity contribution >= 4 is 17.9 Å². The molecular formula is C17H23N3O4. The smallest absolute Gasteiger partial charge is 0.314 e. The van der Waals surface area contributed by atoms with E-state index in [1.54, 1.807) is 0 Å². The lowest BCUT2D eigenvalue weighted by atomic mass is 10.1. The number of rotatable bonds is 8. The minimum atomic E-state index is -0.875. The van der Waals surface area contributed by atoms with Crippen LogP contribution in [0.2, 0.25) is 0 Å². The maximum Gasteiger partial charge on any atom is 0.314 e. The van der Waals surface area contributed by atoms with Crippen LogP contribution in [-0.4, -0.2) is 41.0 Å². The van der Waals surface area contributed by atoms with Gasteiger partial charge in [-0.2, -0.15) is 0 Å². The molecule has 7 heteroatoms. The summed E-state index contributed by atoms with van der Waals surface area (Å²) in [6, 6.07) is 7.71. The Balaban J connectivity index is 1.55. The number of nitrogens with zero attached hydrogens (tertiary/aromatic N) is 1. The van der Waals surface area contributed by atoms with Crippen LogP contribution in [0, 0.1) is 0 Å². The van der Waals surface area contributed by atoms with Gasteiger partial charge in [-0.3, -0.25) is 9.59 Å². The number of hydrogen-bond acceptors (Lipinski definition) is 3. The Hall–Kier alpha value is -2.57. The summed E-state index contributed by atoms with van der Waals surface area (Å²) in [4.78, 5) is 35.8. The number of carbonyl (C=O) groups excluding carboxylic acids is 2. The number of carboxylic acid groups (broad SMARTS) is 1. The molecule has 2 rings (SSSR count). The van der Waals surface area contributed by atoms with Crippen molar-refractivity contribution in [3.8, 4) is 0 Å². The van der Waals surface area contributed by atoms with Crippen molar-refractivity contribution in [2.75, 3.05) is 13.1 Å². The van der Waals surface area contributed by atoms with E-state index in [0.717, 1.165) is 0 Å². The average Bonchev–Trinajstić information content (AvgIpc) is 2.99. The van der Waals surface area contributed by atoms with Gasteiger partial charge in [0, 0.05) is 39.0 Å². The first-order valence-corrected chi connectivity index (χ1v) is 8.14. The molecular weight excluding hydrogens is 310 g/mol. The molecule has 0 atom stereocenters. The van der Waals surface area contributed by atoms with E-state index in [9.17, 15) is 14.4 Å². The van der Waals surface area contributed by atoms with E-state index in [4.69, 9.17) is 5.11 Å². The Morgan fingerprint density at radius 2 is 1.50 bits per heavy atom. The van der Waals surface area contributed by atoms with Gasteiger partial charge >= 0.3 is 12.0 Å². The zero-order chi connectivity index (χ0) is 17.4. The Labute approximate surface area is 141 Å². The molecule has 3 N–H and O–H groups in total. The van der Waals surface area contributed by atoms with Gasteiger partial charge in [0.25, 0.3) is 0 Å². The van der Waals surface area contributed by atoms with E-state index in [1.165, 1.54) is 11.1 Å². The number of aliphatic carboxylic acids is 1. The quantitative estimate of drug-likeness (QED) is 0.627. The predicted molar refractivity (Wildman–Crippen MR) is 88.2 cm³/mol. The maximum absolute atomic E-state index is 12.2. The molecule has 7 nitrogen and oxygen atoms in total. The van der Waals surface area contributed by atoms with Crippen molar-refractivity contribution in [1.82, 2.24) is 15.5 Å². The van der Waals surface area contributed by atoms with Crippen LogP contribution in [0.15, 0.2) is 24.3 Å². The number of nitrogens with one attached hydrogen (secondary N) is 2. The highest BCUT2D eigenvalue weighted by molar-refractivity contribution is 5.77. The summed E-state index contributed by atoms with van der Waals surface area (Å²) in [5.74, 6) is -0.783. The zero-order valence-corrected chi connectivity index (χ0v) is 13.6. The van der Waals surface area contributed by atoms with Crippen molar-refractivity contribution in [2.45, 2.75) is 38.8 Å². The summed E-state index contributed by atoms with van der Waals surface area (Å²) in [5, 5.41) is 13.7. The van der Waals surface area contributed by atoms with Gasteiger partial charge in [0.05, 0.1) is 0 Å². The second kappa shape index (κ2) is 8.90. The molecule has 0 spiro atoms. The van der Waals surface area contributed by atoms with Crippen LogP contribution in [-0.2, 0) is 22.7 Å². The molecule has 1 aliphatic heterocycles. The van der Waals surface area contributed by atoms with Gasteiger partial charge in [-0.1, -0.05) is 24.3 Å². The van der Waals surface area contributed by atoms with E-state index in [-0.39, 0.29) is 18.4 Å². The average molecular weight is 333 g/mol. The minimum Gasteiger partial charge on any atom is -0.481 e. The van der Waals surface area contributed by atoms with Gasteiger partial charge < -0.3 is 20.6 Å². The summed E-state index contributed by atoms with van der Waals surface area (Å²) in [5.41, 5.74) is 2.40. The van der Waals surface area contributed by atoms with Gasteiger partial charge in [-0.15, -0.1) is 0 Å². The molecule has 130 valence electrons. The Morgan fingerprint density at radius 1 is 0.958 bits per heavy atom. The lowest BCUT2D eigenvalue weighted by molar-refractivity contribution is -0.137. The van der Waals surface area contributed by atoms with Crippen molar-refractivity contribution < 1.29 is 19.5 Å². The molecule has 0 aliphatic carbocycles. The van der Waals surface area contributed by atoms with E-state index < -0.39 is 5.97 Å². The van der Waals surface area contributed by atoms with Crippen LogP contribution < -0.4 is 10.6 Å². The fraction of sp³-hybridized carbons (Fsp3) is 0.471. The molecule has 0 saturated heterocycles. The highest BCUT2D eigenvalue weighted by Gasteiger charge is 2.22. The molecule has 0 bridgehead atoms. The first kappa shape index (κ1) is 17.8. The molecule has 24 heavy (non-hydrogen) atoms. The van der Waals surface area contributed by atoms with E-state index >= 15 is 0 Å². The fourth-order valence-corrected chi connectivity index (χ4v) is 2.61. The van der Waals surface area contributed by atoms with Crippen molar-refractivity contribution in [1.29, 1.82) is 0 Å². The predicted octanol–water partition coefficient (Wildman–Crippen LogP) is 1.47. The van der Waals surface area contributed by atoms with Gasteiger partial charge in [0.15, 0.2) is 0 Å². The third-order valence-corrected chi connectivity index (χ3v) is 3.90. The van der Waals surface area contributed by atoms with Crippen LogP contribution in [0.25, 0.3) is 0 Å². The molecule has 0 fully saturated rings. The van der Waals surface area contributed by atoms with Crippen LogP contribution in [0.3, 0.4) is 0 Å². The second-order valence-corrected chi connectivity index (χ2v) is 5.80. The van der Waals surface area contributed by atoms with E-state index in [1.807, 2.05) is 29.2 Å². The normalized spacial score (nSPS) is 12.6. The van der Waals surface area contributed by atoms with Crippen LogP contribution in [0.5, 0.6) is 0 Å². The molecule has 0 saturated carbocycles. The second-order valence-electron chi connectivity index (χ2n) is 5.80. The van der Waals surface area contributed by atoms with Crippen molar-refractivity contribution in [3.05, 3.63) is 35.4 Å². The van der Waals surface area contributed by atoms with Gasteiger partial charge in [-0.25, -0.2) is 4.79 Å². The summed E-state index contributed by atoms with van der Waals surface area (Å²) in [6.07, 6.45) is 1.41. The van der Waals surface area contributed by atoms with Crippen molar-refractivity contribution in [3.63, 3.8) is 0 Å². The van der Waals surface area contributed by atoms with E-state index in [0.29, 0.717) is 45.4 Å². The molecule has 1 aromatic carbocycles. The fourth-order valence-electron chi connectivity index (χ4n) is 2.61. The maximum atomic E-state index is 12.2. The molecule has 0 unspecified atom stereocenters. The highest BCUT2D eigenvalue weighted by Crippen LogP contribution is 2.22. The number of carbonyl (C=O) groups is 3. The molecule has 3 amide bonds. The number of amides is 3. The molecule has 0 aromatic heterocycles. The Morgan fingerprint density at radius 3 is 2.04 bits per heavy atom. The van der Waals surface area contributed by atoms with Crippen LogP contribution >= 0.6 is 0 Å². The van der Waals surface area contributed by atoms with Crippen molar-refractivity contribution in [2.24, 2.45) is 0 Å². The molecule has 1 aromatic rings. The number of benzene rings is 1. The Bertz CT molecular complexity index is 578. The topological polar surface area (TPSA) is 98.7 Å². The van der Waals surface area contributed by atoms with Gasteiger partial charge in [0.2, 0.25) is 5.91 Å². The van der Waals surface area contributed by atoms with Crippen LogP contribution in [0.4, 0.5) is 4.79 Å². The van der Waals surface area contributed by atoms with Gasteiger partial charge in [-0.05, 0) is 24.0 Å². The van der Waals surface area contributed by atoms with E-state index in [2.05, 4.69) is 10.6 Å². The molecule has 1 heterocycles. The molecule has 0 radical (unpaired) electrons. The number of urea groups is 1. The number of carboxylic acids is 1. The summed E-state index contributed by atoms with van der Waals surface area (Å²) in [6.45, 7) is 2.05. The third kappa shape index (κ3) is 5.57. The summed E-state index contributed by atoms with van der Waals surface area (Å²) < 4.78 is 0. The minimum absolute atomic E-state index is 0.0347. The Kier molecular flexibility index (Phi) is 6.60. The standard InChI is InChI=1S/C17H23N3O4/c21-15(20-11-13-5-1-2-6-14(13)12-20)7-3-9-18-17(24)19-10-4-8-16(22)23/h1-2,5-6H,3-4,7-12H2,(H,22,23)(H2,18,19,24). The first-order valence-electron chi connectivity index (χ1n) is 8.14. The highest BCUT2D eigenvalue weighted by atomic mass is 16.4. The zero-order valence-electron chi connectivity index (χ0n) is 13.6. The van der Waals surface area contributed by atoms with Crippen LogP contribution in [0.1, 0.15) is 36.8 Å². The number of fused-ring (bicyclic) bond motifs is 1. The lowest BCUT2D eigenvalue weighted by Crippen LogP contribution is -2.37. The lowest BCUT2D eigenvalue weighted by Gasteiger charge is -2.15. The SMILES string of the molecule is O=C(O)CCCNC(=O)NCCCC(=O)N1Cc2ccccc2C1. The van der Waals surface area contributed by atoms with Gasteiger partial charge in [0.1, 0.15) is 0 Å². The largest absolute Gasteiger partial charge is 0.481 e. The molecule has 1 aliphatic rings. The first-order chi connectivity index (χ1) is 11.6. The monoisotopic (exact) mass is 333 g/mol.